The first-order chi connectivity index (χ1) is 66.8. The van der Waals surface area contributed by atoms with Crippen LogP contribution >= 0.6 is 0 Å². The Morgan fingerprint density at radius 2 is 0.892 bits per heavy atom. The molecule has 0 atom stereocenters. The number of fused-ring (bicyclic) bond motifs is 6. The lowest BCUT2D eigenvalue weighted by atomic mass is 9.75. The number of benzene rings is 12. The number of ether oxygens (including phenoxy) is 3. The largest absolute Gasteiger partial charge is 0.478 e. The number of anilines is 8. The van der Waals surface area contributed by atoms with E-state index in [1.165, 1.54) is 91.5 Å². The first-order valence-corrected chi connectivity index (χ1v) is 48.4. The molecule has 9 N–H and O–H groups in total. The van der Waals surface area contributed by atoms with Gasteiger partial charge in [0.25, 0.3) is 47.9 Å². The second kappa shape index (κ2) is 36.0. The predicted octanol–water partition coefficient (Wildman–Crippen LogP) is 17.4. The van der Waals surface area contributed by atoms with Gasteiger partial charge in [-0.3, -0.25) is 47.2 Å². The summed E-state index contributed by atoms with van der Waals surface area (Å²) >= 11 is 0. The first kappa shape index (κ1) is 90.4. The lowest BCUT2D eigenvalue weighted by molar-refractivity contribution is -0.120. The number of aryl methyl sites for hydroxylation is 2. The van der Waals surface area contributed by atoms with Crippen LogP contribution < -0.4 is 51.9 Å². The Morgan fingerprint density at radius 1 is 0.417 bits per heavy atom. The maximum Gasteiger partial charge on any atom is 0.335 e. The SMILES string of the molecule is Cn1c(=O)c(C(=O)c2ccccc2)c2c3c(c(Nc4ccc(S(=O)(=O)O)c(Cc5nc(NC6CCC(CC7CCC(Nc8nc(Nc9ccc(S(=O)(=O)O)c(Nc%10ccc%11c%12c%10C(=O)c%10ccccc%10-c%12c(C(=O)c%10cccc(S(=O)(=O)O)c%10)c(=O)n%11C)c9)nc(Oc9ccc%10cc(C(=O)O)ccc%10c9)n8)CC7)CC6)nc(Oc6ccc7cc(OC=O)ccc7c6)n5)c4)ccc31)C(=O)c1ccccc1-2. The lowest BCUT2D eigenvalue weighted by Gasteiger charge is -2.34. The summed E-state index contributed by atoms with van der Waals surface area (Å²) in [6, 6.07) is 59.1. The molecule has 696 valence electrons. The van der Waals surface area contributed by atoms with Gasteiger partial charge in [0.2, 0.25) is 17.8 Å². The molecule has 4 aromatic heterocycles. The molecule has 37 heteroatoms. The number of pyridine rings is 2. The number of carboxylic acid groups (broad SMARTS) is 1. The molecule has 0 aliphatic heterocycles. The van der Waals surface area contributed by atoms with Crippen LogP contribution in [0.5, 0.6) is 29.3 Å². The highest BCUT2D eigenvalue weighted by atomic mass is 32.2. The topological polar surface area (TPSA) is 495 Å². The molecule has 0 spiro atoms. The molecule has 139 heavy (non-hydrogen) atoms. The number of hydrogen-bond acceptors (Lipinski definition) is 28. The summed E-state index contributed by atoms with van der Waals surface area (Å²) in [6.07, 6.45) is 6.79. The van der Waals surface area contributed by atoms with Gasteiger partial charge in [0, 0.05) is 88.1 Å². The van der Waals surface area contributed by atoms with E-state index in [1.54, 1.807) is 146 Å². The van der Waals surface area contributed by atoms with Gasteiger partial charge in [-0.1, -0.05) is 115 Å². The zero-order valence-electron chi connectivity index (χ0n) is 73.5. The highest BCUT2D eigenvalue weighted by molar-refractivity contribution is 7.86. The number of nitrogens with zero attached hydrogens (tertiary/aromatic N) is 8. The molecule has 2 fully saturated rings. The van der Waals surface area contributed by atoms with Gasteiger partial charge in [-0.2, -0.15) is 55.2 Å². The van der Waals surface area contributed by atoms with Crippen LogP contribution in [0, 0.1) is 11.8 Å². The molecule has 20 rings (SSSR count). The first-order valence-electron chi connectivity index (χ1n) is 44.0. The van der Waals surface area contributed by atoms with Gasteiger partial charge >= 0.3 is 18.0 Å². The quantitative estimate of drug-likeness (QED) is 0.0125. The van der Waals surface area contributed by atoms with E-state index in [4.69, 9.17) is 39.1 Å². The lowest BCUT2D eigenvalue weighted by Crippen LogP contribution is -2.30. The minimum absolute atomic E-state index is 0.0158. The second-order valence-electron chi connectivity index (χ2n) is 34.5. The normalized spacial score (nSPS) is 15.6. The third kappa shape index (κ3) is 17.8. The van der Waals surface area contributed by atoms with E-state index in [1.807, 2.05) is 0 Å². The van der Waals surface area contributed by atoms with Gasteiger partial charge in [-0.15, -0.1) is 0 Å². The van der Waals surface area contributed by atoms with E-state index < -0.39 is 90.8 Å². The molecule has 12 aromatic carbocycles. The number of nitrogens with one attached hydrogen (secondary N) is 5. The van der Waals surface area contributed by atoms with Gasteiger partial charge in [0.1, 0.15) is 28.0 Å². The van der Waals surface area contributed by atoms with Crippen molar-refractivity contribution < 1.29 is 87.0 Å². The van der Waals surface area contributed by atoms with E-state index in [2.05, 4.69) is 31.6 Å². The zero-order chi connectivity index (χ0) is 96.8. The van der Waals surface area contributed by atoms with Crippen molar-refractivity contribution in [3.8, 4) is 51.5 Å². The summed E-state index contributed by atoms with van der Waals surface area (Å²) in [5, 5.41) is 29.4. The number of rotatable bonds is 28. The number of aromatic nitrogens is 8. The minimum atomic E-state index is -5.08. The Bertz CT molecular complexity index is 8480. The fraction of sp³-hybridized carbons (Fsp3) is 0.157. The molecule has 0 amide bonds. The average molecular weight is 1920 g/mol. The van der Waals surface area contributed by atoms with Crippen molar-refractivity contribution in [1.82, 2.24) is 39.0 Å². The molecule has 0 bridgehead atoms. The van der Waals surface area contributed by atoms with Crippen LogP contribution in [0.4, 0.5) is 46.3 Å². The number of aromatic carboxylic acids is 1. The van der Waals surface area contributed by atoms with Crippen LogP contribution in [0.25, 0.3) is 65.6 Å². The maximum atomic E-state index is 15.1. The molecule has 4 aliphatic rings. The smallest absolute Gasteiger partial charge is 0.335 e. The number of hydrogen-bond donors (Lipinski definition) is 9. The fourth-order valence-corrected chi connectivity index (χ4v) is 21.1. The minimum Gasteiger partial charge on any atom is -0.478 e. The average Bonchev–Trinajstić information content (AvgIpc) is 0.707. The van der Waals surface area contributed by atoms with E-state index >= 15 is 4.79 Å². The van der Waals surface area contributed by atoms with Gasteiger partial charge in [-0.05, 0) is 229 Å². The summed E-state index contributed by atoms with van der Waals surface area (Å²) in [6.45, 7) is 0.331. The Hall–Kier alpha value is -16.5. The van der Waals surface area contributed by atoms with Gasteiger partial charge in [-0.25, -0.2) is 4.79 Å². The monoisotopic (exact) mass is 1920 g/mol. The Kier molecular flexibility index (Phi) is 23.4. The van der Waals surface area contributed by atoms with Gasteiger partial charge < -0.3 is 55.0 Å². The molecule has 0 unspecified atom stereocenters. The predicted molar refractivity (Wildman–Crippen MR) is 516 cm³/mol. The maximum absolute atomic E-state index is 15.1. The van der Waals surface area contributed by atoms with E-state index in [9.17, 15) is 77.6 Å². The van der Waals surface area contributed by atoms with Crippen molar-refractivity contribution in [2.24, 2.45) is 25.9 Å². The Balaban J connectivity index is 0.549. The fourth-order valence-electron chi connectivity index (χ4n) is 19.3. The third-order valence-corrected chi connectivity index (χ3v) is 28.6. The molecule has 0 saturated heterocycles. The molecule has 0 radical (unpaired) electrons. The summed E-state index contributed by atoms with van der Waals surface area (Å²) < 4.78 is 130. The van der Waals surface area contributed by atoms with Crippen LogP contribution in [0.1, 0.15) is 143 Å². The zero-order valence-corrected chi connectivity index (χ0v) is 76.0. The summed E-state index contributed by atoms with van der Waals surface area (Å²) in [4.78, 5) is 138. The molecular weight excluding hydrogens is 1840 g/mol. The number of carbonyl (C=O) groups excluding carboxylic acids is 5. The standard InChI is InChI=1S/C102H79N13O21S3/c1-114-78-39-37-75(85-87(78)83(71-15-6-8-17-73(71)93(85)119)89(95(114)121)91(117)55-11-4-3-5-12-55)103-65-32-41-80(138(128,129)130)62(45-65)50-82-108-98(111-101(109-82)135-68-36-27-58-46-67(134-52-116)34-25-59(58)48-68)104-63-28-19-53(20-29-63)43-54-21-30-64(31-22-54)105-99-110-100(113-102(112-99)136-69-35-26-56-44-61(97(123)124)24-23-57(56)47-69)106-66-33-42-81(139(131,132)133)77(51-66)107-76-38-40-79-88-84(72-16-7-9-18-74(72)94(120)86(76)88)90(96(122)115(79)2)92(118)60-13-10-14-70(49-60)137(125,126)127/h3-18,23-27,32-42,44-49,51-54,63-64,103,107H,19-22,28-31,43,50H2,1-2H3,(H,123,124)(H,125,126,127)(H,128,129,130)(H,131,132,133)(H,104,108,109,111)(H2,105,106,110,112,113). The van der Waals surface area contributed by atoms with Crippen LogP contribution in [0.15, 0.2) is 261 Å². The highest BCUT2D eigenvalue weighted by Gasteiger charge is 2.39. The van der Waals surface area contributed by atoms with Crippen molar-refractivity contribution in [2.75, 3.05) is 26.6 Å². The number of carbonyl (C=O) groups is 6. The number of ketones is 4. The number of carboxylic acids is 1. The second-order valence-corrected chi connectivity index (χ2v) is 38.7. The third-order valence-electron chi connectivity index (χ3n) is 25.8. The summed E-state index contributed by atoms with van der Waals surface area (Å²) in [7, 11) is -11.9. The van der Waals surface area contributed by atoms with Crippen LogP contribution in [-0.2, 0) is 55.7 Å². The van der Waals surface area contributed by atoms with Crippen LogP contribution in [0.2, 0.25) is 0 Å². The van der Waals surface area contributed by atoms with E-state index in [0.29, 0.717) is 82.7 Å². The van der Waals surface area contributed by atoms with E-state index in [0.717, 1.165) is 65.6 Å². The van der Waals surface area contributed by atoms with Crippen molar-refractivity contribution in [3.05, 3.63) is 319 Å². The van der Waals surface area contributed by atoms with Crippen molar-refractivity contribution in [2.45, 2.75) is 91.0 Å². The van der Waals surface area contributed by atoms with Gasteiger partial charge in [0.15, 0.2) is 23.1 Å². The van der Waals surface area contributed by atoms with Crippen LogP contribution in [0.3, 0.4) is 0 Å². The molecule has 16 aromatic rings. The molecule has 4 heterocycles. The molecule has 4 aliphatic carbocycles. The molecule has 34 nitrogen and oxygen atoms in total. The van der Waals surface area contributed by atoms with Crippen molar-refractivity contribution >= 4 is 156 Å². The van der Waals surface area contributed by atoms with Gasteiger partial charge in [0.05, 0.1) is 65.7 Å². The summed E-state index contributed by atoms with van der Waals surface area (Å²) in [5.41, 5.74) is 0.331. The van der Waals surface area contributed by atoms with E-state index in [-0.39, 0.29) is 166 Å². The van der Waals surface area contributed by atoms with Crippen molar-refractivity contribution in [3.63, 3.8) is 0 Å². The van der Waals surface area contributed by atoms with Crippen molar-refractivity contribution in [1.29, 1.82) is 0 Å². The Morgan fingerprint density at radius 3 is 1.44 bits per heavy atom. The molecule has 2 saturated carbocycles. The highest BCUT2D eigenvalue weighted by Crippen LogP contribution is 2.49. The Labute approximate surface area is 790 Å². The van der Waals surface area contributed by atoms with Crippen LogP contribution in [-0.4, -0.2) is 131 Å². The molecular formula is C102H79N13O21S3. The summed E-state index contributed by atoms with van der Waals surface area (Å²) in [5.74, 6) is -1.86.